The monoisotopic (exact) mass is 353 g/mol. The smallest absolute Gasteiger partial charge is 0.310 e. The summed E-state index contributed by atoms with van der Waals surface area (Å²) in [5.41, 5.74) is 1.69. The van der Waals surface area contributed by atoms with Crippen LogP contribution in [0.3, 0.4) is 0 Å². The first-order valence-electron chi connectivity index (χ1n) is 7.25. The summed E-state index contributed by atoms with van der Waals surface area (Å²) in [4.78, 5) is 26.3. The van der Waals surface area contributed by atoms with Crippen molar-refractivity contribution in [1.29, 1.82) is 0 Å². The molecule has 5 heteroatoms. The molecule has 0 N–H and O–H groups in total. The lowest BCUT2D eigenvalue weighted by Crippen LogP contribution is -2.43. The Labute approximate surface area is 133 Å². The molecular weight excluding hydrogens is 334 g/mol. The molecule has 1 amide bonds. The van der Waals surface area contributed by atoms with Gasteiger partial charge in [-0.3, -0.25) is 9.59 Å². The molecule has 1 atom stereocenters. The van der Waals surface area contributed by atoms with Crippen LogP contribution < -0.4 is 0 Å². The van der Waals surface area contributed by atoms with Crippen molar-refractivity contribution >= 4 is 27.8 Å². The van der Waals surface area contributed by atoms with Gasteiger partial charge in [-0.1, -0.05) is 11.6 Å². The SMILES string of the molecule is CCOC(=O)C1CCCN(C(=O)c2cc(C)ccc2Br)C1. The largest absolute Gasteiger partial charge is 0.466 e. The minimum atomic E-state index is -0.203. The number of carbonyl (C=O) groups excluding carboxylic acids is 2. The third kappa shape index (κ3) is 3.84. The van der Waals surface area contributed by atoms with Crippen molar-refractivity contribution in [2.24, 2.45) is 5.92 Å². The Hall–Kier alpha value is -1.36. The molecule has 4 nitrogen and oxygen atoms in total. The van der Waals surface area contributed by atoms with E-state index in [1.54, 1.807) is 11.8 Å². The minimum absolute atomic E-state index is 0.0282. The predicted octanol–water partition coefficient (Wildman–Crippen LogP) is 3.17. The zero-order valence-electron chi connectivity index (χ0n) is 12.4. The van der Waals surface area contributed by atoms with Gasteiger partial charge in [0.15, 0.2) is 0 Å². The van der Waals surface area contributed by atoms with E-state index in [1.807, 2.05) is 25.1 Å². The maximum absolute atomic E-state index is 12.6. The lowest BCUT2D eigenvalue weighted by molar-refractivity contribution is -0.149. The van der Waals surface area contributed by atoms with E-state index >= 15 is 0 Å². The molecular formula is C16H20BrNO3. The van der Waals surface area contributed by atoms with Crippen molar-refractivity contribution in [3.8, 4) is 0 Å². The molecule has 1 fully saturated rings. The topological polar surface area (TPSA) is 46.6 Å². The highest BCUT2D eigenvalue weighted by atomic mass is 79.9. The number of hydrogen-bond donors (Lipinski definition) is 0. The van der Waals surface area contributed by atoms with Crippen LogP contribution in [0.1, 0.15) is 35.7 Å². The second-order valence-corrected chi connectivity index (χ2v) is 6.18. The lowest BCUT2D eigenvalue weighted by atomic mass is 9.97. The van der Waals surface area contributed by atoms with Crippen molar-refractivity contribution in [3.05, 3.63) is 33.8 Å². The third-order valence-corrected chi connectivity index (χ3v) is 4.37. The number of esters is 1. The van der Waals surface area contributed by atoms with Crippen LogP contribution in [0, 0.1) is 12.8 Å². The van der Waals surface area contributed by atoms with E-state index in [1.165, 1.54) is 0 Å². The van der Waals surface area contributed by atoms with Crippen molar-refractivity contribution in [3.63, 3.8) is 0 Å². The number of piperidine rings is 1. The number of halogens is 1. The van der Waals surface area contributed by atoms with E-state index in [4.69, 9.17) is 4.74 Å². The lowest BCUT2D eigenvalue weighted by Gasteiger charge is -2.31. The maximum atomic E-state index is 12.6. The molecule has 1 saturated heterocycles. The number of benzene rings is 1. The van der Waals surface area contributed by atoms with Gasteiger partial charge >= 0.3 is 5.97 Å². The van der Waals surface area contributed by atoms with E-state index in [0.29, 0.717) is 25.3 Å². The molecule has 1 aliphatic heterocycles. The van der Waals surface area contributed by atoms with Crippen LogP contribution in [-0.2, 0) is 9.53 Å². The molecule has 1 unspecified atom stereocenters. The number of likely N-dealkylation sites (tertiary alicyclic amines) is 1. The van der Waals surface area contributed by atoms with Gasteiger partial charge in [-0.05, 0) is 54.8 Å². The number of carbonyl (C=O) groups is 2. The summed E-state index contributed by atoms with van der Waals surface area (Å²) >= 11 is 3.43. The zero-order valence-corrected chi connectivity index (χ0v) is 14.0. The normalized spacial score (nSPS) is 18.4. The number of aryl methyl sites for hydroxylation is 1. The van der Waals surface area contributed by atoms with E-state index in [0.717, 1.165) is 22.9 Å². The Morgan fingerprint density at radius 1 is 1.43 bits per heavy atom. The average molecular weight is 354 g/mol. The fourth-order valence-electron chi connectivity index (χ4n) is 2.59. The predicted molar refractivity (Wildman–Crippen MR) is 84.1 cm³/mol. The van der Waals surface area contributed by atoms with E-state index in [2.05, 4.69) is 15.9 Å². The highest BCUT2D eigenvalue weighted by molar-refractivity contribution is 9.10. The van der Waals surface area contributed by atoms with Crippen molar-refractivity contribution in [2.75, 3.05) is 19.7 Å². The molecule has 21 heavy (non-hydrogen) atoms. The molecule has 1 aromatic rings. The van der Waals surface area contributed by atoms with E-state index < -0.39 is 0 Å². The number of hydrogen-bond acceptors (Lipinski definition) is 3. The van der Waals surface area contributed by atoms with Crippen LogP contribution in [0.2, 0.25) is 0 Å². The van der Waals surface area contributed by atoms with Crippen LogP contribution in [0.15, 0.2) is 22.7 Å². The van der Waals surface area contributed by atoms with Gasteiger partial charge in [-0.15, -0.1) is 0 Å². The third-order valence-electron chi connectivity index (χ3n) is 3.68. The fourth-order valence-corrected chi connectivity index (χ4v) is 3.00. The zero-order chi connectivity index (χ0) is 15.4. The summed E-state index contributed by atoms with van der Waals surface area (Å²) in [6.07, 6.45) is 1.62. The molecule has 0 aliphatic carbocycles. The standard InChI is InChI=1S/C16H20BrNO3/c1-3-21-16(20)12-5-4-8-18(10-12)15(19)13-9-11(2)6-7-14(13)17/h6-7,9,12H,3-5,8,10H2,1-2H3. The van der Waals surface area contributed by atoms with Gasteiger partial charge in [0.05, 0.1) is 18.1 Å². The Morgan fingerprint density at radius 3 is 2.90 bits per heavy atom. The summed E-state index contributed by atoms with van der Waals surface area (Å²) in [5.74, 6) is -0.427. The van der Waals surface area contributed by atoms with Gasteiger partial charge in [0, 0.05) is 17.6 Å². The minimum Gasteiger partial charge on any atom is -0.466 e. The Balaban J connectivity index is 2.12. The summed E-state index contributed by atoms with van der Waals surface area (Å²) in [6, 6.07) is 5.72. The first kappa shape index (κ1) is 16.0. The molecule has 1 heterocycles. The molecule has 2 rings (SSSR count). The quantitative estimate of drug-likeness (QED) is 0.784. The van der Waals surface area contributed by atoms with Gasteiger partial charge in [0.1, 0.15) is 0 Å². The van der Waals surface area contributed by atoms with Crippen LogP contribution in [0.4, 0.5) is 0 Å². The van der Waals surface area contributed by atoms with Crippen LogP contribution in [0.5, 0.6) is 0 Å². The average Bonchev–Trinajstić information content (AvgIpc) is 2.49. The molecule has 0 aromatic heterocycles. The Morgan fingerprint density at radius 2 is 2.19 bits per heavy atom. The van der Waals surface area contributed by atoms with Gasteiger partial charge in [-0.25, -0.2) is 0 Å². The maximum Gasteiger partial charge on any atom is 0.310 e. The first-order valence-corrected chi connectivity index (χ1v) is 8.04. The molecule has 0 bridgehead atoms. The number of rotatable bonds is 3. The Bertz CT molecular complexity index is 544. The summed E-state index contributed by atoms with van der Waals surface area (Å²) in [6.45, 7) is 5.27. The molecule has 0 spiro atoms. The van der Waals surface area contributed by atoms with Gasteiger partial charge in [0.2, 0.25) is 0 Å². The summed E-state index contributed by atoms with van der Waals surface area (Å²) < 4.78 is 5.86. The van der Waals surface area contributed by atoms with Crippen LogP contribution in [0.25, 0.3) is 0 Å². The highest BCUT2D eigenvalue weighted by Crippen LogP contribution is 2.24. The summed E-state index contributed by atoms with van der Waals surface area (Å²) in [7, 11) is 0. The highest BCUT2D eigenvalue weighted by Gasteiger charge is 2.30. The van der Waals surface area contributed by atoms with Crippen LogP contribution >= 0.6 is 15.9 Å². The molecule has 0 radical (unpaired) electrons. The Kier molecular flexibility index (Phi) is 5.39. The van der Waals surface area contributed by atoms with E-state index in [9.17, 15) is 9.59 Å². The summed E-state index contributed by atoms with van der Waals surface area (Å²) in [5, 5.41) is 0. The molecule has 1 aliphatic rings. The van der Waals surface area contributed by atoms with Crippen molar-refractivity contribution in [1.82, 2.24) is 4.90 Å². The molecule has 0 saturated carbocycles. The van der Waals surface area contributed by atoms with Crippen LogP contribution in [-0.4, -0.2) is 36.5 Å². The first-order chi connectivity index (χ1) is 10.0. The van der Waals surface area contributed by atoms with Gasteiger partial charge in [-0.2, -0.15) is 0 Å². The fraction of sp³-hybridized carbons (Fsp3) is 0.500. The molecule has 114 valence electrons. The second kappa shape index (κ2) is 7.07. The van der Waals surface area contributed by atoms with E-state index in [-0.39, 0.29) is 17.8 Å². The number of nitrogens with zero attached hydrogens (tertiary/aromatic N) is 1. The van der Waals surface area contributed by atoms with Crippen molar-refractivity contribution < 1.29 is 14.3 Å². The van der Waals surface area contributed by atoms with Gasteiger partial charge < -0.3 is 9.64 Å². The number of ether oxygens (including phenoxy) is 1. The van der Waals surface area contributed by atoms with Gasteiger partial charge in [0.25, 0.3) is 5.91 Å². The molecule has 1 aromatic carbocycles. The second-order valence-electron chi connectivity index (χ2n) is 5.33. The van der Waals surface area contributed by atoms with Crippen molar-refractivity contribution in [2.45, 2.75) is 26.7 Å². The number of amides is 1.